The smallest absolute Gasteiger partial charge is 0.319 e. The fraction of sp³-hybridized carbons (Fsp3) is 0.385. The molecule has 0 aliphatic rings. The van der Waals surface area contributed by atoms with Crippen LogP contribution in [0, 0.1) is 5.82 Å². The summed E-state index contributed by atoms with van der Waals surface area (Å²) in [7, 11) is 0. The molecule has 1 aromatic rings. The third kappa shape index (κ3) is 4.95. The number of halogens is 1. The van der Waals surface area contributed by atoms with Gasteiger partial charge in [-0.3, -0.25) is 4.79 Å². The van der Waals surface area contributed by atoms with E-state index < -0.39 is 17.9 Å². The molecule has 0 saturated carbocycles. The Morgan fingerprint density at radius 1 is 1.32 bits per heavy atom. The van der Waals surface area contributed by atoms with E-state index in [1.54, 1.807) is 13.0 Å². The second-order valence-electron chi connectivity index (χ2n) is 4.09. The summed E-state index contributed by atoms with van der Waals surface area (Å²) in [6, 6.07) is 4.52. The van der Waals surface area contributed by atoms with Crippen LogP contribution in [-0.2, 0) is 4.79 Å². The number of hydrogen-bond acceptors (Lipinski definition) is 2. The summed E-state index contributed by atoms with van der Waals surface area (Å²) < 4.78 is 13.3. The summed E-state index contributed by atoms with van der Waals surface area (Å²) in [4.78, 5) is 23.1. The fourth-order valence-corrected chi connectivity index (χ4v) is 1.38. The van der Waals surface area contributed by atoms with E-state index in [-0.39, 0.29) is 11.6 Å². The van der Waals surface area contributed by atoms with Gasteiger partial charge in [0.15, 0.2) is 0 Å². The number of amides is 3. The van der Waals surface area contributed by atoms with Gasteiger partial charge in [0.1, 0.15) is 11.9 Å². The standard InChI is InChI=1S/C13H18FN3O2/c1-3-8-15-12(18)9(2)16-13(19)17-11-7-5-4-6-10(11)14/h4-7,9H,3,8H2,1-2H3,(H,15,18)(H2,16,17,19)/t9-/m1/s1. The molecule has 0 unspecified atom stereocenters. The molecule has 0 aliphatic heterocycles. The van der Waals surface area contributed by atoms with Crippen LogP contribution in [0.2, 0.25) is 0 Å². The van der Waals surface area contributed by atoms with Gasteiger partial charge in [0.05, 0.1) is 5.69 Å². The molecule has 3 N–H and O–H groups in total. The number of para-hydroxylation sites is 1. The van der Waals surface area contributed by atoms with E-state index >= 15 is 0 Å². The summed E-state index contributed by atoms with van der Waals surface area (Å²) >= 11 is 0. The molecule has 0 heterocycles. The number of carbonyl (C=O) groups excluding carboxylic acids is 2. The summed E-state index contributed by atoms with van der Waals surface area (Å²) in [5.41, 5.74) is 0.0705. The average molecular weight is 267 g/mol. The molecule has 3 amide bonds. The summed E-state index contributed by atoms with van der Waals surface area (Å²) in [6.45, 7) is 4.05. The molecule has 0 fully saturated rings. The Kier molecular flexibility index (Phi) is 5.78. The maximum atomic E-state index is 13.3. The van der Waals surface area contributed by atoms with E-state index in [4.69, 9.17) is 0 Å². The highest BCUT2D eigenvalue weighted by Crippen LogP contribution is 2.11. The van der Waals surface area contributed by atoms with Crippen molar-refractivity contribution in [2.24, 2.45) is 0 Å². The quantitative estimate of drug-likeness (QED) is 0.762. The number of nitrogens with one attached hydrogen (secondary N) is 3. The summed E-state index contributed by atoms with van der Waals surface area (Å²) in [6.07, 6.45) is 0.819. The van der Waals surface area contributed by atoms with Crippen molar-refractivity contribution >= 4 is 17.6 Å². The van der Waals surface area contributed by atoms with Crippen LogP contribution >= 0.6 is 0 Å². The molecule has 0 spiro atoms. The number of anilines is 1. The molecule has 1 aromatic carbocycles. The minimum Gasteiger partial charge on any atom is -0.354 e. The Balaban J connectivity index is 2.47. The molecule has 6 heteroatoms. The third-order valence-corrected chi connectivity index (χ3v) is 2.41. The molecule has 1 rings (SSSR count). The number of hydrogen-bond donors (Lipinski definition) is 3. The highest BCUT2D eigenvalue weighted by atomic mass is 19.1. The first-order valence-corrected chi connectivity index (χ1v) is 6.14. The largest absolute Gasteiger partial charge is 0.354 e. The van der Waals surface area contributed by atoms with Gasteiger partial charge >= 0.3 is 6.03 Å². The maximum absolute atomic E-state index is 13.3. The molecule has 104 valence electrons. The monoisotopic (exact) mass is 267 g/mol. The second kappa shape index (κ2) is 7.35. The molecule has 1 atom stereocenters. The van der Waals surface area contributed by atoms with Gasteiger partial charge in [-0.05, 0) is 25.5 Å². The Labute approximate surface area is 111 Å². The van der Waals surface area contributed by atoms with Crippen molar-refractivity contribution < 1.29 is 14.0 Å². The van der Waals surface area contributed by atoms with Crippen molar-refractivity contribution in [2.45, 2.75) is 26.3 Å². The van der Waals surface area contributed by atoms with Crippen LogP contribution in [-0.4, -0.2) is 24.5 Å². The molecular formula is C13H18FN3O2. The minimum absolute atomic E-state index is 0.0705. The minimum atomic E-state index is -0.682. The van der Waals surface area contributed by atoms with Gasteiger partial charge in [-0.25, -0.2) is 9.18 Å². The van der Waals surface area contributed by atoms with Crippen LogP contribution in [0.3, 0.4) is 0 Å². The van der Waals surface area contributed by atoms with Crippen molar-refractivity contribution in [2.75, 3.05) is 11.9 Å². The van der Waals surface area contributed by atoms with Gasteiger partial charge in [-0.1, -0.05) is 19.1 Å². The van der Waals surface area contributed by atoms with E-state index in [0.717, 1.165) is 6.42 Å². The van der Waals surface area contributed by atoms with Crippen molar-refractivity contribution in [3.05, 3.63) is 30.1 Å². The summed E-state index contributed by atoms with van der Waals surface area (Å²) in [5, 5.41) is 7.44. The number of benzene rings is 1. The highest BCUT2D eigenvalue weighted by Gasteiger charge is 2.15. The van der Waals surface area contributed by atoms with Gasteiger partial charge < -0.3 is 16.0 Å². The van der Waals surface area contributed by atoms with Crippen molar-refractivity contribution in [1.29, 1.82) is 0 Å². The molecular weight excluding hydrogens is 249 g/mol. The molecule has 0 bridgehead atoms. The highest BCUT2D eigenvalue weighted by molar-refractivity contribution is 5.93. The summed E-state index contributed by atoms with van der Waals surface area (Å²) in [5.74, 6) is -0.800. The zero-order valence-electron chi connectivity index (χ0n) is 11.0. The van der Waals surface area contributed by atoms with Crippen LogP contribution in [0.4, 0.5) is 14.9 Å². The lowest BCUT2D eigenvalue weighted by molar-refractivity contribution is -0.122. The van der Waals surface area contributed by atoms with Crippen LogP contribution in [0.15, 0.2) is 24.3 Å². The Morgan fingerprint density at radius 3 is 2.63 bits per heavy atom. The zero-order chi connectivity index (χ0) is 14.3. The van der Waals surface area contributed by atoms with Crippen LogP contribution < -0.4 is 16.0 Å². The molecule has 0 aliphatic carbocycles. The van der Waals surface area contributed by atoms with Gasteiger partial charge in [-0.15, -0.1) is 0 Å². The normalized spacial score (nSPS) is 11.5. The van der Waals surface area contributed by atoms with Gasteiger partial charge in [0.25, 0.3) is 0 Å². The first-order valence-electron chi connectivity index (χ1n) is 6.14. The van der Waals surface area contributed by atoms with E-state index in [9.17, 15) is 14.0 Å². The van der Waals surface area contributed by atoms with Crippen molar-refractivity contribution in [3.63, 3.8) is 0 Å². The van der Waals surface area contributed by atoms with E-state index in [0.29, 0.717) is 6.54 Å². The average Bonchev–Trinajstić information content (AvgIpc) is 2.38. The first kappa shape index (κ1) is 14.9. The van der Waals surface area contributed by atoms with E-state index in [1.807, 2.05) is 6.92 Å². The molecule has 19 heavy (non-hydrogen) atoms. The number of carbonyl (C=O) groups is 2. The van der Waals surface area contributed by atoms with Gasteiger partial charge in [-0.2, -0.15) is 0 Å². The lowest BCUT2D eigenvalue weighted by Gasteiger charge is -2.14. The molecule has 0 radical (unpaired) electrons. The van der Waals surface area contributed by atoms with Gasteiger partial charge in [0, 0.05) is 6.54 Å². The number of rotatable bonds is 5. The SMILES string of the molecule is CCCNC(=O)[C@@H](C)NC(=O)Nc1ccccc1F. The lowest BCUT2D eigenvalue weighted by Crippen LogP contribution is -2.46. The predicted molar refractivity (Wildman–Crippen MR) is 71.3 cm³/mol. The second-order valence-corrected chi connectivity index (χ2v) is 4.09. The van der Waals surface area contributed by atoms with Crippen LogP contribution in [0.1, 0.15) is 20.3 Å². The third-order valence-electron chi connectivity index (χ3n) is 2.41. The molecule has 5 nitrogen and oxygen atoms in total. The lowest BCUT2D eigenvalue weighted by atomic mass is 10.3. The van der Waals surface area contributed by atoms with E-state index in [2.05, 4.69) is 16.0 Å². The Bertz CT molecular complexity index is 451. The van der Waals surface area contributed by atoms with Crippen LogP contribution in [0.5, 0.6) is 0 Å². The molecule has 0 aromatic heterocycles. The fourth-order valence-electron chi connectivity index (χ4n) is 1.38. The Hall–Kier alpha value is -2.11. The van der Waals surface area contributed by atoms with E-state index in [1.165, 1.54) is 18.2 Å². The molecule has 0 saturated heterocycles. The maximum Gasteiger partial charge on any atom is 0.319 e. The Morgan fingerprint density at radius 2 is 2.00 bits per heavy atom. The van der Waals surface area contributed by atoms with Crippen LogP contribution in [0.25, 0.3) is 0 Å². The van der Waals surface area contributed by atoms with Crippen molar-refractivity contribution in [3.8, 4) is 0 Å². The van der Waals surface area contributed by atoms with Gasteiger partial charge in [0.2, 0.25) is 5.91 Å². The first-order chi connectivity index (χ1) is 9.04. The topological polar surface area (TPSA) is 70.2 Å². The predicted octanol–water partition coefficient (Wildman–Crippen LogP) is 1.86. The number of urea groups is 1. The van der Waals surface area contributed by atoms with Crippen molar-refractivity contribution in [1.82, 2.24) is 10.6 Å². The zero-order valence-corrected chi connectivity index (χ0v) is 11.0.